The fourth-order valence-corrected chi connectivity index (χ4v) is 3.56. The Morgan fingerprint density at radius 2 is 1.72 bits per heavy atom. The molecule has 0 spiro atoms. The van der Waals surface area contributed by atoms with Crippen LogP contribution in [-0.2, 0) is 14.3 Å². The highest BCUT2D eigenvalue weighted by atomic mass is 16.6. The van der Waals surface area contributed by atoms with E-state index in [4.69, 9.17) is 14.2 Å². The van der Waals surface area contributed by atoms with Gasteiger partial charge in [0.05, 0.1) is 37.4 Å². The molecule has 0 bridgehead atoms. The molecule has 1 N–H and O–H groups in total. The second kappa shape index (κ2) is 9.48. The van der Waals surface area contributed by atoms with Gasteiger partial charge >= 0.3 is 0 Å². The Bertz CT molecular complexity index is 1080. The molecule has 0 aliphatic carbocycles. The quantitative estimate of drug-likeness (QED) is 0.217. The third-order valence-electron chi connectivity index (χ3n) is 5.15. The first kappa shape index (κ1) is 22.8. The Morgan fingerprint density at radius 3 is 2.28 bits per heavy atom. The Balaban J connectivity index is 2.16. The number of aliphatic hydroxyl groups is 1. The number of hydrogen-bond acceptors (Lipinski definition) is 8. The summed E-state index contributed by atoms with van der Waals surface area (Å²) in [6.07, 6.45) is 0. The molecule has 1 amide bonds. The van der Waals surface area contributed by atoms with E-state index in [0.717, 1.165) is 0 Å². The maximum absolute atomic E-state index is 12.9. The third kappa shape index (κ3) is 4.12. The van der Waals surface area contributed by atoms with Gasteiger partial charge in [-0.15, -0.1) is 0 Å². The van der Waals surface area contributed by atoms with Gasteiger partial charge < -0.3 is 24.2 Å². The number of benzene rings is 2. The predicted molar refractivity (Wildman–Crippen MR) is 114 cm³/mol. The van der Waals surface area contributed by atoms with Gasteiger partial charge in [-0.2, -0.15) is 0 Å². The molecule has 0 radical (unpaired) electrons. The number of methoxy groups -OCH3 is 3. The van der Waals surface area contributed by atoms with Crippen molar-refractivity contribution in [3.63, 3.8) is 0 Å². The number of rotatable bonds is 8. The first-order valence-electron chi connectivity index (χ1n) is 9.58. The molecule has 32 heavy (non-hydrogen) atoms. The normalized spacial score (nSPS) is 17.5. The SMILES string of the molecule is COCCN1C(=O)C(=O)/C(=C(\O)c2ccc(OC)c(OC)c2)C1c1ccc([N+](=O)[O-])cc1. The van der Waals surface area contributed by atoms with E-state index in [9.17, 15) is 24.8 Å². The lowest BCUT2D eigenvalue weighted by atomic mass is 9.95. The van der Waals surface area contributed by atoms with E-state index in [-0.39, 0.29) is 30.0 Å². The highest BCUT2D eigenvalue weighted by Gasteiger charge is 2.46. The standard InChI is InChI=1S/C22H22N2O8/c1-30-11-10-23-19(13-4-7-15(8-5-13)24(28)29)18(21(26)22(23)27)20(25)14-6-9-16(31-2)17(12-14)32-3/h4-9,12,19,25H,10-11H2,1-3H3/b20-18-. The van der Waals surface area contributed by atoms with Gasteiger partial charge in [-0.05, 0) is 35.9 Å². The lowest BCUT2D eigenvalue weighted by Crippen LogP contribution is -2.32. The zero-order valence-corrected chi connectivity index (χ0v) is 17.7. The fraction of sp³-hybridized carbons (Fsp3) is 0.273. The van der Waals surface area contributed by atoms with Gasteiger partial charge in [-0.1, -0.05) is 0 Å². The molecule has 10 heteroatoms. The van der Waals surface area contributed by atoms with Crippen LogP contribution in [0.1, 0.15) is 17.2 Å². The van der Waals surface area contributed by atoms with Crippen molar-refractivity contribution >= 4 is 23.1 Å². The molecule has 1 atom stereocenters. The lowest BCUT2D eigenvalue weighted by Gasteiger charge is -2.25. The molecule has 0 aromatic heterocycles. The van der Waals surface area contributed by atoms with E-state index in [1.807, 2.05) is 0 Å². The number of hydrogen-bond donors (Lipinski definition) is 1. The maximum atomic E-state index is 12.9. The van der Waals surface area contributed by atoms with Gasteiger partial charge in [-0.25, -0.2) is 0 Å². The molecule has 1 aliphatic rings. The zero-order valence-electron chi connectivity index (χ0n) is 17.7. The molecule has 1 unspecified atom stereocenters. The second-order valence-corrected chi connectivity index (χ2v) is 6.90. The number of nitro benzene ring substituents is 1. The number of carbonyl (C=O) groups is 2. The molecular formula is C22H22N2O8. The summed E-state index contributed by atoms with van der Waals surface area (Å²) in [5, 5.41) is 22.1. The van der Waals surface area contributed by atoms with E-state index in [1.54, 1.807) is 6.07 Å². The average Bonchev–Trinajstić information content (AvgIpc) is 3.06. The Hall–Kier alpha value is -3.92. The van der Waals surface area contributed by atoms with Gasteiger partial charge in [0, 0.05) is 31.4 Å². The van der Waals surface area contributed by atoms with Crippen molar-refractivity contribution < 1.29 is 33.8 Å². The second-order valence-electron chi connectivity index (χ2n) is 6.90. The molecular weight excluding hydrogens is 420 g/mol. The van der Waals surface area contributed by atoms with Crippen LogP contribution >= 0.6 is 0 Å². The number of amides is 1. The van der Waals surface area contributed by atoms with Crippen LogP contribution in [0.15, 0.2) is 48.0 Å². The minimum absolute atomic E-state index is 0.0887. The summed E-state index contributed by atoms with van der Waals surface area (Å²) in [5.41, 5.74) is 0.418. The summed E-state index contributed by atoms with van der Waals surface area (Å²) in [4.78, 5) is 37.4. The van der Waals surface area contributed by atoms with E-state index in [2.05, 4.69) is 0 Å². The number of carbonyl (C=O) groups excluding carboxylic acids is 2. The molecule has 168 valence electrons. The van der Waals surface area contributed by atoms with E-state index < -0.39 is 28.4 Å². The minimum Gasteiger partial charge on any atom is -0.507 e. The third-order valence-corrected chi connectivity index (χ3v) is 5.15. The molecule has 3 rings (SSSR count). The summed E-state index contributed by atoms with van der Waals surface area (Å²) >= 11 is 0. The Labute approximate surface area is 183 Å². The number of ketones is 1. The predicted octanol–water partition coefficient (Wildman–Crippen LogP) is 2.68. The summed E-state index contributed by atoms with van der Waals surface area (Å²) in [7, 11) is 4.36. The monoisotopic (exact) mass is 442 g/mol. The van der Waals surface area contributed by atoms with Gasteiger partial charge in [0.15, 0.2) is 11.5 Å². The van der Waals surface area contributed by atoms with E-state index in [0.29, 0.717) is 17.1 Å². The maximum Gasteiger partial charge on any atom is 0.295 e. The number of non-ortho nitro benzene ring substituents is 1. The van der Waals surface area contributed by atoms with Crippen LogP contribution in [0.5, 0.6) is 11.5 Å². The van der Waals surface area contributed by atoms with E-state index in [1.165, 1.54) is 62.6 Å². The Morgan fingerprint density at radius 1 is 1.06 bits per heavy atom. The number of aliphatic hydroxyl groups excluding tert-OH is 1. The molecule has 2 aromatic carbocycles. The van der Waals surface area contributed by atoms with E-state index >= 15 is 0 Å². The van der Waals surface area contributed by atoms with Crippen LogP contribution < -0.4 is 9.47 Å². The summed E-state index contributed by atoms with van der Waals surface area (Å²) in [6.45, 7) is 0.248. The molecule has 2 aromatic rings. The van der Waals surface area contributed by atoms with Crippen molar-refractivity contribution in [2.24, 2.45) is 0 Å². The van der Waals surface area contributed by atoms with Gasteiger partial charge in [0.2, 0.25) is 0 Å². The molecule has 1 heterocycles. The molecule has 1 aliphatic heterocycles. The van der Waals surface area contributed by atoms with Crippen LogP contribution in [0.4, 0.5) is 5.69 Å². The van der Waals surface area contributed by atoms with Gasteiger partial charge in [-0.3, -0.25) is 19.7 Å². The highest BCUT2D eigenvalue weighted by Crippen LogP contribution is 2.40. The van der Waals surface area contributed by atoms with Gasteiger partial charge in [0.1, 0.15) is 5.76 Å². The van der Waals surface area contributed by atoms with Crippen LogP contribution in [-0.4, -0.2) is 61.1 Å². The highest BCUT2D eigenvalue weighted by molar-refractivity contribution is 6.46. The topological polar surface area (TPSA) is 128 Å². The van der Waals surface area contributed by atoms with Crippen molar-refractivity contribution in [3.05, 3.63) is 69.3 Å². The molecule has 0 saturated carbocycles. The number of nitro groups is 1. The number of likely N-dealkylation sites (tertiary alicyclic amines) is 1. The van der Waals surface area contributed by atoms with Crippen LogP contribution in [0.25, 0.3) is 5.76 Å². The van der Waals surface area contributed by atoms with Gasteiger partial charge in [0.25, 0.3) is 17.4 Å². The van der Waals surface area contributed by atoms with Crippen LogP contribution in [0, 0.1) is 10.1 Å². The molecule has 1 saturated heterocycles. The average molecular weight is 442 g/mol. The summed E-state index contributed by atoms with van der Waals surface area (Å²) in [6, 6.07) is 9.11. The van der Waals surface area contributed by atoms with Crippen molar-refractivity contribution in [2.45, 2.75) is 6.04 Å². The lowest BCUT2D eigenvalue weighted by molar-refractivity contribution is -0.384. The number of Topliss-reactive ketones (excluding diaryl/α,β-unsaturated/α-hetero) is 1. The van der Waals surface area contributed by atoms with Crippen molar-refractivity contribution in [2.75, 3.05) is 34.5 Å². The first-order chi connectivity index (χ1) is 15.3. The molecule has 10 nitrogen and oxygen atoms in total. The number of nitrogens with zero attached hydrogens (tertiary/aromatic N) is 2. The smallest absolute Gasteiger partial charge is 0.295 e. The molecule has 1 fully saturated rings. The summed E-state index contributed by atoms with van der Waals surface area (Å²) < 4.78 is 15.5. The van der Waals surface area contributed by atoms with Crippen molar-refractivity contribution in [3.8, 4) is 11.5 Å². The number of ether oxygens (including phenoxy) is 3. The van der Waals surface area contributed by atoms with Crippen molar-refractivity contribution in [1.29, 1.82) is 0 Å². The largest absolute Gasteiger partial charge is 0.507 e. The van der Waals surface area contributed by atoms with Crippen LogP contribution in [0.2, 0.25) is 0 Å². The van der Waals surface area contributed by atoms with Crippen LogP contribution in [0.3, 0.4) is 0 Å². The summed E-state index contributed by atoms with van der Waals surface area (Å²) in [5.74, 6) is -1.30. The fourth-order valence-electron chi connectivity index (χ4n) is 3.56. The first-order valence-corrected chi connectivity index (χ1v) is 9.58. The minimum atomic E-state index is -0.945. The zero-order chi connectivity index (χ0) is 23.4. The Kier molecular flexibility index (Phi) is 6.74. The van der Waals surface area contributed by atoms with Crippen molar-refractivity contribution in [1.82, 2.24) is 4.90 Å².